The van der Waals surface area contributed by atoms with Gasteiger partial charge in [0.25, 0.3) is 0 Å². The van der Waals surface area contributed by atoms with Crippen LogP contribution in [0.4, 0.5) is 18.9 Å². The first-order valence-corrected chi connectivity index (χ1v) is 6.47. The number of halogens is 5. The van der Waals surface area contributed by atoms with Gasteiger partial charge in [-0.15, -0.1) is 0 Å². The van der Waals surface area contributed by atoms with Crippen molar-refractivity contribution in [3.8, 4) is 0 Å². The monoisotopic (exact) mass is 349 g/mol. The van der Waals surface area contributed by atoms with Gasteiger partial charge in [-0.2, -0.15) is 0 Å². The van der Waals surface area contributed by atoms with Gasteiger partial charge < -0.3 is 5.32 Å². The fourth-order valence-corrected chi connectivity index (χ4v) is 2.12. The number of hydrogen-bond acceptors (Lipinski definition) is 1. The van der Waals surface area contributed by atoms with Crippen LogP contribution in [-0.2, 0) is 6.54 Å². The second kappa shape index (κ2) is 5.84. The van der Waals surface area contributed by atoms with Crippen LogP contribution in [0, 0.1) is 17.5 Å². The van der Waals surface area contributed by atoms with Gasteiger partial charge in [0.05, 0.1) is 10.2 Å². The second-order valence-electron chi connectivity index (χ2n) is 3.80. The third-order valence-electron chi connectivity index (χ3n) is 2.53. The van der Waals surface area contributed by atoms with Crippen LogP contribution >= 0.6 is 27.5 Å². The first kappa shape index (κ1) is 14.2. The molecule has 0 aliphatic carbocycles. The first-order valence-electron chi connectivity index (χ1n) is 5.30. The Morgan fingerprint density at radius 2 is 1.79 bits per heavy atom. The van der Waals surface area contributed by atoms with Crippen molar-refractivity contribution in [2.45, 2.75) is 6.54 Å². The third-order valence-corrected chi connectivity index (χ3v) is 3.49. The van der Waals surface area contributed by atoms with Crippen LogP contribution in [0.1, 0.15) is 5.56 Å². The van der Waals surface area contributed by atoms with Crippen molar-refractivity contribution in [2.75, 3.05) is 5.32 Å². The van der Waals surface area contributed by atoms with Crippen LogP contribution in [0.2, 0.25) is 5.02 Å². The Bertz CT molecular complexity index is 599. The summed E-state index contributed by atoms with van der Waals surface area (Å²) in [7, 11) is 0. The SMILES string of the molecule is Fc1cc(F)c(NCc2c(F)cccc2Cl)cc1Br. The summed E-state index contributed by atoms with van der Waals surface area (Å²) in [5.41, 5.74) is 0.289. The zero-order valence-electron chi connectivity index (χ0n) is 9.48. The molecule has 1 N–H and O–H groups in total. The van der Waals surface area contributed by atoms with E-state index in [4.69, 9.17) is 11.6 Å². The van der Waals surface area contributed by atoms with Crippen molar-refractivity contribution in [3.05, 3.63) is 62.8 Å². The van der Waals surface area contributed by atoms with E-state index in [1.807, 2.05) is 0 Å². The molecule has 100 valence electrons. The van der Waals surface area contributed by atoms with E-state index in [1.165, 1.54) is 18.2 Å². The van der Waals surface area contributed by atoms with Gasteiger partial charge >= 0.3 is 0 Å². The van der Waals surface area contributed by atoms with E-state index in [-0.39, 0.29) is 27.3 Å². The minimum absolute atomic E-state index is 0.000495. The first-order chi connectivity index (χ1) is 8.99. The van der Waals surface area contributed by atoms with Crippen LogP contribution in [0.15, 0.2) is 34.8 Å². The fourth-order valence-electron chi connectivity index (χ4n) is 1.54. The standard InChI is InChI=1S/C13H8BrClF3N/c14-8-4-13(12(18)5-11(8)17)19-6-7-9(15)2-1-3-10(7)16/h1-5,19H,6H2. The van der Waals surface area contributed by atoms with Crippen molar-refractivity contribution in [3.63, 3.8) is 0 Å². The number of anilines is 1. The summed E-state index contributed by atoms with van der Waals surface area (Å²) in [5, 5.41) is 2.93. The number of nitrogens with one attached hydrogen (secondary N) is 1. The van der Waals surface area contributed by atoms with Crippen LogP contribution < -0.4 is 5.32 Å². The number of hydrogen-bond donors (Lipinski definition) is 1. The quantitative estimate of drug-likeness (QED) is 0.757. The average molecular weight is 351 g/mol. The van der Waals surface area contributed by atoms with Crippen molar-refractivity contribution in [1.82, 2.24) is 0 Å². The van der Waals surface area contributed by atoms with Gasteiger partial charge in [-0.3, -0.25) is 0 Å². The topological polar surface area (TPSA) is 12.0 Å². The maximum atomic E-state index is 13.5. The molecule has 0 aromatic heterocycles. The molecule has 0 heterocycles. The Labute approximate surface area is 121 Å². The molecule has 0 unspecified atom stereocenters. The summed E-state index contributed by atoms with van der Waals surface area (Å²) in [6.45, 7) is 0.000495. The predicted molar refractivity (Wildman–Crippen MR) is 72.8 cm³/mol. The fraction of sp³-hybridized carbons (Fsp3) is 0.0769. The molecule has 19 heavy (non-hydrogen) atoms. The second-order valence-corrected chi connectivity index (χ2v) is 5.06. The molecular formula is C13H8BrClF3N. The molecule has 2 aromatic carbocycles. The highest BCUT2D eigenvalue weighted by Gasteiger charge is 2.10. The van der Waals surface area contributed by atoms with Gasteiger partial charge in [0.15, 0.2) is 0 Å². The van der Waals surface area contributed by atoms with Gasteiger partial charge in [0.1, 0.15) is 17.5 Å². The highest BCUT2D eigenvalue weighted by molar-refractivity contribution is 9.10. The smallest absolute Gasteiger partial charge is 0.149 e. The molecule has 6 heteroatoms. The molecule has 0 aliphatic rings. The Morgan fingerprint density at radius 1 is 1.05 bits per heavy atom. The Balaban J connectivity index is 2.22. The summed E-state index contributed by atoms with van der Waals surface area (Å²) in [4.78, 5) is 0. The lowest BCUT2D eigenvalue weighted by Gasteiger charge is -2.10. The van der Waals surface area contributed by atoms with Gasteiger partial charge in [0.2, 0.25) is 0 Å². The van der Waals surface area contributed by atoms with Crippen molar-refractivity contribution < 1.29 is 13.2 Å². The maximum Gasteiger partial charge on any atom is 0.149 e. The summed E-state index contributed by atoms with van der Waals surface area (Å²) >= 11 is 8.80. The van der Waals surface area contributed by atoms with E-state index in [0.29, 0.717) is 0 Å². The van der Waals surface area contributed by atoms with Gasteiger partial charge in [0, 0.05) is 23.2 Å². The molecule has 0 aliphatic heterocycles. The number of benzene rings is 2. The molecule has 1 nitrogen and oxygen atoms in total. The van der Waals surface area contributed by atoms with Crippen LogP contribution in [0.5, 0.6) is 0 Å². The van der Waals surface area contributed by atoms with E-state index in [2.05, 4.69) is 21.2 Å². The molecule has 0 bridgehead atoms. The lowest BCUT2D eigenvalue weighted by Crippen LogP contribution is -2.04. The van der Waals surface area contributed by atoms with Gasteiger partial charge in [-0.25, -0.2) is 13.2 Å². The Kier molecular flexibility index (Phi) is 4.37. The maximum absolute atomic E-state index is 13.5. The molecule has 0 radical (unpaired) electrons. The lowest BCUT2D eigenvalue weighted by atomic mass is 10.2. The van der Waals surface area contributed by atoms with Gasteiger partial charge in [-0.05, 0) is 34.1 Å². The molecule has 2 aromatic rings. The summed E-state index contributed by atoms with van der Waals surface area (Å²) in [6, 6.07) is 6.28. The van der Waals surface area contributed by atoms with Crippen molar-refractivity contribution in [2.24, 2.45) is 0 Å². The largest absolute Gasteiger partial charge is 0.378 e. The molecule has 0 spiro atoms. The molecule has 2 rings (SSSR count). The zero-order chi connectivity index (χ0) is 14.0. The van der Waals surface area contributed by atoms with E-state index in [9.17, 15) is 13.2 Å². The molecular weight excluding hydrogens is 343 g/mol. The highest BCUT2D eigenvalue weighted by Crippen LogP contribution is 2.25. The number of rotatable bonds is 3. The van der Waals surface area contributed by atoms with Crippen LogP contribution in [0.3, 0.4) is 0 Å². The minimum atomic E-state index is -0.756. The highest BCUT2D eigenvalue weighted by atomic mass is 79.9. The van der Waals surface area contributed by atoms with E-state index < -0.39 is 17.5 Å². The van der Waals surface area contributed by atoms with E-state index in [1.54, 1.807) is 6.07 Å². The summed E-state index contributed by atoms with van der Waals surface area (Å²) in [6.07, 6.45) is 0. The van der Waals surface area contributed by atoms with E-state index in [0.717, 1.165) is 6.07 Å². The lowest BCUT2D eigenvalue weighted by molar-refractivity contribution is 0.580. The molecule has 0 amide bonds. The van der Waals surface area contributed by atoms with Gasteiger partial charge in [-0.1, -0.05) is 17.7 Å². The molecule has 0 saturated carbocycles. The van der Waals surface area contributed by atoms with Crippen molar-refractivity contribution in [1.29, 1.82) is 0 Å². The predicted octanol–water partition coefficient (Wildman–Crippen LogP) is 5.13. The van der Waals surface area contributed by atoms with Crippen LogP contribution in [-0.4, -0.2) is 0 Å². The third kappa shape index (κ3) is 3.22. The average Bonchev–Trinajstić information content (AvgIpc) is 2.34. The van der Waals surface area contributed by atoms with Crippen molar-refractivity contribution >= 4 is 33.2 Å². The Morgan fingerprint density at radius 3 is 2.47 bits per heavy atom. The summed E-state index contributed by atoms with van der Waals surface area (Å²) < 4.78 is 40.2. The van der Waals surface area contributed by atoms with E-state index >= 15 is 0 Å². The Hall–Kier alpha value is -1.20. The summed E-state index contributed by atoms with van der Waals surface area (Å²) in [5.74, 6) is -1.94. The molecule has 0 atom stereocenters. The zero-order valence-corrected chi connectivity index (χ0v) is 11.8. The normalized spacial score (nSPS) is 10.6. The molecule has 0 saturated heterocycles. The minimum Gasteiger partial charge on any atom is -0.378 e. The van der Waals surface area contributed by atoms with Crippen LogP contribution in [0.25, 0.3) is 0 Å². The molecule has 0 fully saturated rings.